The molecular weight excluding hydrogens is 219 g/mol. The summed E-state index contributed by atoms with van der Waals surface area (Å²) in [5, 5.41) is 13.2. The van der Waals surface area contributed by atoms with Crippen molar-refractivity contribution in [3.8, 4) is 0 Å². The SMILES string of the molecule is CN1CCC(NCC(O)c2cccc(F)c2)C1. The van der Waals surface area contributed by atoms with Crippen LogP contribution in [-0.2, 0) is 0 Å². The number of hydrogen-bond acceptors (Lipinski definition) is 3. The van der Waals surface area contributed by atoms with Gasteiger partial charge in [0.25, 0.3) is 0 Å². The van der Waals surface area contributed by atoms with Crippen molar-refractivity contribution >= 4 is 0 Å². The number of likely N-dealkylation sites (tertiary alicyclic amines) is 1. The highest BCUT2D eigenvalue weighted by Gasteiger charge is 2.19. The second kappa shape index (κ2) is 5.58. The number of aliphatic hydroxyl groups is 1. The number of halogens is 1. The smallest absolute Gasteiger partial charge is 0.123 e. The Morgan fingerprint density at radius 1 is 1.59 bits per heavy atom. The molecular formula is C13H19FN2O. The van der Waals surface area contributed by atoms with Crippen molar-refractivity contribution in [1.29, 1.82) is 0 Å². The van der Waals surface area contributed by atoms with E-state index in [-0.39, 0.29) is 5.82 Å². The molecule has 0 radical (unpaired) electrons. The summed E-state index contributed by atoms with van der Waals surface area (Å²) in [6.45, 7) is 2.57. The first-order valence-corrected chi connectivity index (χ1v) is 6.00. The predicted molar refractivity (Wildman–Crippen MR) is 65.3 cm³/mol. The van der Waals surface area contributed by atoms with Gasteiger partial charge in [-0.05, 0) is 37.7 Å². The van der Waals surface area contributed by atoms with Gasteiger partial charge in [0.2, 0.25) is 0 Å². The molecule has 0 spiro atoms. The highest BCUT2D eigenvalue weighted by atomic mass is 19.1. The van der Waals surface area contributed by atoms with Gasteiger partial charge in [-0.15, -0.1) is 0 Å². The summed E-state index contributed by atoms with van der Waals surface area (Å²) in [6, 6.07) is 6.57. The maximum Gasteiger partial charge on any atom is 0.123 e. The van der Waals surface area contributed by atoms with E-state index in [1.54, 1.807) is 12.1 Å². The molecule has 2 atom stereocenters. The molecule has 17 heavy (non-hydrogen) atoms. The zero-order valence-corrected chi connectivity index (χ0v) is 10.1. The van der Waals surface area contributed by atoms with Gasteiger partial charge in [-0.1, -0.05) is 12.1 Å². The highest BCUT2D eigenvalue weighted by molar-refractivity contribution is 5.19. The molecule has 94 valence electrons. The normalized spacial score (nSPS) is 22.9. The van der Waals surface area contributed by atoms with Gasteiger partial charge in [0.15, 0.2) is 0 Å². The Kier molecular flexibility index (Phi) is 4.10. The first-order chi connectivity index (χ1) is 8.15. The number of nitrogens with one attached hydrogen (secondary N) is 1. The van der Waals surface area contributed by atoms with Crippen molar-refractivity contribution in [3.05, 3.63) is 35.6 Å². The lowest BCUT2D eigenvalue weighted by Crippen LogP contribution is -2.34. The third-order valence-electron chi connectivity index (χ3n) is 3.22. The van der Waals surface area contributed by atoms with E-state index < -0.39 is 6.10 Å². The van der Waals surface area contributed by atoms with Crippen molar-refractivity contribution in [2.75, 3.05) is 26.7 Å². The fourth-order valence-electron chi connectivity index (χ4n) is 2.21. The Hall–Kier alpha value is -0.970. The molecule has 0 saturated carbocycles. The second-order valence-corrected chi connectivity index (χ2v) is 4.73. The zero-order chi connectivity index (χ0) is 12.3. The summed E-state index contributed by atoms with van der Waals surface area (Å²) < 4.78 is 13.0. The van der Waals surface area contributed by atoms with Crippen LogP contribution >= 0.6 is 0 Å². The lowest BCUT2D eigenvalue weighted by Gasteiger charge is -2.16. The lowest BCUT2D eigenvalue weighted by molar-refractivity contribution is 0.169. The van der Waals surface area contributed by atoms with Crippen LogP contribution in [0.5, 0.6) is 0 Å². The molecule has 2 N–H and O–H groups in total. The highest BCUT2D eigenvalue weighted by Crippen LogP contribution is 2.14. The summed E-state index contributed by atoms with van der Waals surface area (Å²) in [4.78, 5) is 2.26. The van der Waals surface area contributed by atoms with Crippen LogP contribution in [0.2, 0.25) is 0 Å². The summed E-state index contributed by atoms with van der Waals surface area (Å²) in [6.07, 6.45) is 0.462. The van der Waals surface area contributed by atoms with E-state index in [4.69, 9.17) is 0 Å². The molecule has 4 heteroatoms. The van der Waals surface area contributed by atoms with Crippen molar-refractivity contribution < 1.29 is 9.50 Å². The predicted octanol–water partition coefficient (Wildman–Crippen LogP) is 1.15. The van der Waals surface area contributed by atoms with Crippen molar-refractivity contribution in [3.63, 3.8) is 0 Å². The van der Waals surface area contributed by atoms with Crippen LogP contribution in [0.4, 0.5) is 4.39 Å². The number of benzene rings is 1. The van der Waals surface area contributed by atoms with Crippen LogP contribution in [-0.4, -0.2) is 42.7 Å². The van der Waals surface area contributed by atoms with Gasteiger partial charge in [0, 0.05) is 19.1 Å². The number of rotatable bonds is 4. The Morgan fingerprint density at radius 2 is 2.41 bits per heavy atom. The number of likely N-dealkylation sites (N-methyl/N-ethyl adjacent to an activating group) is 1. The first-order valence-electron chi connectivity index (χ1n) is 6.00. The van der Waals surface area contributed by atoms with E-state index in [0.29, 0.717) is 18.2 Å². The molecule has 1 aromatic carbocycles. The Balaban J connectivity index is 1.83. The van der Waals surface area contributed by atoms with Crippen molar-refractivity contribution in [2.45, 2.75) is 18.6 Å². The molecule has 1 aliphatic rings. The molecule has 1 heterocycles. The van der Waals surface area contributed by atoms with Crippen LogP contribution in [0.25, 0.3) is 0 Å². The van der Waals surface area contributed by atoms with Crippen molar-refractivity contribution in [1.82, 2.24) is 10.2 Å². The van der Waals surface area contributed by atoms with Crippen LogP contribution < -0.4 is 5.32 Å². The van der Waals surface area contributed by atoms with Gasteiger partial charge in [-0.3, -0.25) is 0 Å². The van der Waals surface area contributed by atoms with Crippen LogP contribution in [0.3, 0.4) is 0 Å². The van der Waals surface area contributed by atoms with E-state index in [1.165, 1.54) is 12.1 Å². The topological polar surface area (TPSA) is 35.5 Å². The van der Waals surface area contributed by atoms with E-state index in [0.717, 1.165) is 19.5 Å². The molecule has 1 aliphatic heterocycles. The average Bonchev–Trinajstić information content (AvgIpc) is 2.72. The van der Waals surface area contributed by atoms with Gasteiger partial charge in [-0.25, -0.2) is 4.39 Å². The molecule has 0 amide bonds. The van der Waals surface area contributed by atoms with Gasteiger partial charge in [-0.2, -0.15) is 0 Å². The largest absolute Gasteiger partial charge is 0.387 e. The average molecular weight is 238 g/mol. The minimum Gasteiger partial charge on any atom is -0.387 e. The first kappa shape index (κ1) is 12.5. The minimum absolute atomic E-state index is 0.304. The molecule has 1 fully saturated rings. The summed E-state index contributed by atoms with van der Waals surface area (Å²) in [5.74, 6) is -0.304. The van der Waals surface area contributed by atoms with Crippen LogP contribution in [0, 0.1) is 5.82 Å². The van der Waals surface area contributed by atoms with E-state index in [2.05, 4.69) is 17.3 Å². The van der Waals surface area contributed by atoms with Gasteiger partial charge >= 0.3 is 0 Å². The number of nitrogens with zero attached hydrogens (tertiary/aromatic N) is 1. The third-order valence-corrected chi connectivity index (χ3v) is 3.22. The van der Waals surface area contributed by atoms with E-state index in [9.17, 15) is 9.50 Å². The minimum atomic E-state index is -0.642. The van der Waals surface area contributed by atoms with Crippen LogP contribution in [0.1, 0.15) is 18.1 Å². The third kappa shape index (κ3) is 3.49. The fourth-order valence-corrected chi connectivity index (χ4v) is 2.21. The quantitative estimate of drug-likeness (QED) is 0.826. The summed E-state index contributed by atoms with van der Waals surface area (Å²) >= 11 is 0. The molecule has 0 aliphatic carbocycles. The molecule has 1 aromatic rings. The summed E-state index contributed by atoms with van der Waals surface area (Å²) in [5.41, 5.74) is 0.629. The number of aliphatic hydroxyl groups excluding tert-OH is 1. The molecule has 1 saturated heterocycles. The molecule has 3 nitrogen and oxygen atoms in total. The fraction of sp³-hybridized carbons (Fsp3) is 0.538. The molecule has 0 bridgehead atoms. The van der Waals surface area contributed by atoms with E-state index >= 15 is 0 Å². The van der Waals surface area contributed by atoms with Gasteiger partial charge in [0.05, 0.1) is 6.10 Å². The zero-order valence-electron chi connectivity index (χ0n) is 10.1. The van der Waals surface area contributed by atoms with Crippen LogP contribution in [0.15, 0.2) is 24.3 Å². The lowest BCUT2D eigenvalue weighted by atomic mass is 10.1. The molecule has 2 rings (SSSR count). The van der Waals surface area contributed by atoms with Gasteiger partial charge in [0.1, 0.15) is 5.82 Å². The second-order valence-electron chi connectivity index (χ2n) is 4.73. The van der Waals surface area contributed by atoms with Crippen molar-refractivity contribution in [2.24, 2.45) is 0 Å². The molecule has 2 unspecified atom stereocenters. The standard InChI is InChI=1S/C13H19FN2O/c1-16-6-5-12(9-16)15-8-13(17)10-3-2-4-11(14)7-10/h2-4,7,12-13,15,17H,5-6,8-9H2,1H3. The molecule has 0 aromatic heterocycles. The summed E-state index contributed by atoms with van der Waals surface area (Å²) in [7, 11) is 2.09. The Morgan fingerprint density at radius 3 is 3.06 bits per heavy atom. The van der Waals surface area contributed by atoms with E-state index in [1.807, 2.05) is 0 Å². The maximum absolute atomic E-state index is 13.0. The number of hydrogen-bond donors (Lipinski definition) is 2. The Labute approximate surface area is 101 Å². The maximum atomic E-state index is 13.0. The van der Waals surface area contributed by atoms with Gasteiger partial charge < -0.3 is 15.3 Å². The monoisotopic (exact) mass is 238 g/mol. The Bertz CT molecular complexity index is 372.